The molecule has 0 bridgehead atoms. The molecule has 1 aliphatic carbocycles. The lowest BCUT2D eigenvalue weighted by atomic mass is 9.71. The Bertz CT molecular complexity index is 779. The molecule has 2 aromatic carbocycles. The molecule has 30 heavy (non-hydrogen) atoms. The zero-order valence-corrected chi connectivity index (χ0v) is 18.6. The first-order valence-electron chi connectivity index (χ1n) is 11.6. The van der Waals surface area contributed by atoms with Crippen LogP contribution in [-0.4, -0.2) is 44.5 Å². The molecule has 0 radical (unpaired) electrons. The quantitative estimate of drug-likeness (QED) is 0.459. The van der Waals surface area contributed by atoms with Crippen LogP contribution in [0.5, 0.6) is 5.75 Å². The van der Waals surface area contributed by atoms with E-state index >= 15 is 0 Å². The van der Waals surface area contributed by atoms with Crippen LogP contribution in [0.25, 0.3) is 0 Å². The van der Waals surface area contributed by atoms with Gasteiger partial charge in [-0.25, -0.2) is 0 Å². The molecule has 0 aromatic heterocycles. The highest BCUT2D eigenvalue weighted by atomic mass is 16.7. The molecular weight excluding hydrogens is 372 g/mol. The van der Waals surface area contributed by atoms with Crippen LogP contribution in [0.4, 0.5) is 5.69 Å². The maximum Gasteiger partial charge on any atom is 0.189 e. The maximum atomic E-state index is 5.86. The Labute approximate surface area is 181 Å². The van der Waals surface area contributed by atoms with E-state index in [9.17, 15) is 0 Å². The third-order valence-electron chi connectivity index (χ3n) is 6.99. The standard InChI is InChI=1S/C26H36N2O2/c1-3-29-21-30-25-11-7-8-23(20-25)26(14-12-22(2)13-15-26)28-18-16-27(17-19-28)24-9-5-4-6-10-24/h4-11,20,22H,3,12-19,21H2,1-2H3. The smallest absolute Gasteiger partial charge is 0.189 e. The lowest BCUT2D eigenvalue weighted by molar-refractivity contribution is 0.0199. The van der Waals surface area contributed by atoms with Gasteiger partial charge in [0, 0.05) is 44.0 Å². The first kappa shape index (κ1) is 21.2. The molecule has 2 aliphatic rings. The Morgan fingerprint density at radius 2 is 1.67 bits per heavy atom. The van der Waals surface area contributed by atoms with Gasteiger partial charge in [0.15, 0.2) is 6.79 Å². The Kier molecular flexibility index (Phi) is 6.96. The van der Waals surface area contributed by atoms with E-state index in [2.05, 4.69) is 71.3 Å². The minimum atomic E-state index is 0.125. The van der Waals surface area contributed by atoms with Gasteiger partial charge in [-0.15, -0.1) is 0 Å². The van der Waals surface area contributed by atoms with Gasteiger partial charge in [-0.2, -0.15) is 0 Å². The summed E-state index contributed by atoms with van der Waals surface area (Å²) in [5.74, 6) is 1.74. The third kappa shape index (κ3) is 4.65. The summed E-state index contributed by atoms with van der Waals surface area (Å²) in [6.07, 6.45) is 5.05. The van der Waals surface area contributed by atoms with E-state index < -0.39 is 0 Å². The number of benzene rings is 2. The molecule has 1 aliphatic heterocycles. The first-order valence-corrected chi connectivity index (χ1v) is 11.6. The largest absolute Gasteiger partial charge is 0.468 e. The molecular formula is C26H36N2O2. The molecule has 2 aromatic rings. The zero-order valence-electron chi connectivity index (χ0n) is 18.6. The van der Waals surface area contributed by atoms with Crippen molar-refractivity contribution in [2.24, 2.45) is 5.92 Å². The van der Waals surface area contributed by atoms with Gasteiger partial charge in [0.05, 0.1) is 0 Å². The van der Waals surface area contributed by atoms with E-state index in [0.29, 0.717) is 13.4 Å². The summed E-state index contributed by atoms with van der Waals surface area (Å²) in [4.78, 5) is 5.29. The van der Waals surface area contributed by atoms with Crippen LogP contribution in [0.3, 0.4) is 0 Å². The van der Waals surface area contributed by atoms with Crippen molar-refractivity contribution in [1.82, 2.24) is 4.90 Å². The van der Waals surface area contributed by atoms with E-state index in [1.807, 2.05) is 6.92 Å². The van der Waals surface area contributed by atoms with Gasteiger partial charge in [-0.05, 0) is 68.4 Å². The summed E-state index contributed by atoms with van der Waals surface area (Å²) in [5, 5.41) is 0. The fraction of sp³-hybridized carbons (Fsp3) is 0.538. The minimum absolute atomic E-state index is 0.125. The highest BCUT2D eigenvalue weighted by molar-refractivity contribution is 5.46. The summed E-state index contributed by atoms with van der Waals surface area (Å²) in [6, 6.07) is 19.6. The van der Waals surface area contributed by atoms with Crippen LogP contribution in [0, 0.1) is 5.92 Å². The van der Waals surface area contributed by atoms with Gasteiger partial charge >= 0.3 is 0 Å². The summed E-state index contributed by atoms with van der Waals surface area (Å²) < 4.78 is 11.3. The summed E-state index contributed by atoms with van der Waals surface area (Å²) in [5.41, 5.74) is 2.88. The van der Waals surface area contributed by atoms with Crippen molar-refractivity contribution in [3.8, 4) is 5.75 Å². The van der Waals surface area contributed by atoms with E-state index in [1.165, 1.54) is 36.9 Å². The number of piperazine rings is 1. The summed E-state index contributed by atoms with van der Waals surface area (Å²) >= 11 is 0. The van der Waals surface area contributed by atoms with Crippen molar-refractivity contribution in [2.75, 3.05) is 44.5 Å². The normalized spacial score (nSPS) is 25.3. The van der Waals surface area contributed by atoms with Crippen molar-refractivity contribution in [1.29, 1.82) is 0 Å². The molecule has 0 N–H and O–H groups in total. The summed E-state index contributed by atoms with van der Waals surface area (Å²) in [7, 11) is 0. The highest BCUT2D eigenvalue weighted by Gasteiger charge is 2.42. The zero-order chi connectivity index (χ0) is 20.8. The second kappa shape index (κ2) is 9.84. The Morgan fingerprint density at radius 3 is 2.37 bits per heavy atom. The average molecular weight is 409 g/mol. The molecule has 162 valence electrons. The Morgan fingerprint density at radius 1 is 0.933 bits per heavy atom. The van der Waals surface area contributed by atoms with Crippen LogP contribution in [0.2, 0.25) is 0 Å². The van der Waals surface area contributed by atoms with Crippen LogP contribution in [-0.2, 0) is 10.3 Å². The van der Waals surface area contributed by atoms with E-state index in [-0.39, 0.29) is 5.54 Å². The van der Waals surface area contributed by atoms with Crippen LogP contribution in [0.1, 0.15) is 45.1 Å². The van der Waals surface area contributed by atoms with E-state index in [1.54, 1.807) is 0 Å². The van der Waals surface area contributed by atoms with Gasteiger partial charge in [-0.1, -0.05) is 37.3 Å². The predicted octanol–water partition coefficient (Wildman–Crippen LogP) is 5.29. The molecule has 0 spiro atoms. The third-order valence-corrected chi connectivity index (χ3v) is 6.99. The molecule has 0 unspecified atom stereocenters. The molecule has 1 saturated heterocycles. The van der Waals surface area contributed by atoms with Crippen molar-refractivity contribution < 1.29 is 9.47 Å². The molecule has 4 nitrogen and oxygen atoms in total. The van der Waals surface area contributed by atoms with E-state index in [4.69, 9.17) is 9.47 Å². The monoisotopic (exact) mass is 408 g/mol. The molecule has 0 amide bonds. The van der Waals surface area contributed by atoms with Crippen LogP contribution < -0.4 is 9.64 Å². The fourth-order valence-corrected chi connectivity index (χ4v) is 5.13. The Hall–Kier alpha value is -2.04. The molecule has 4 rings (SSSR count). The van der Waals surface area contributed by atoms with Crippen LogP contribution >= 0.6 is 0 Å². The van der Waals surface area contributed by atoms with Crippen molar-refractivity contribution in [3.63, 3.8) is 0 Å². The van der Waals surface area contributed by atoms with Gasteiger partial charge in [-0.3, -0.25) is 4.90 Å². The van der Waals surface area contributed by atoms with Crippen molar-refractivity contribution >= 4 is 5.69 Å². The molecule has 1 saturated carbocycles. The van der Waals surface area contributed by atoms with Crippen molar-refractivity contribution in [3.05, 3.63) is 60.2 Å². The average Bonchev–Trinajstić information content (AvgIpc) is 2.81. The molecule has 0 atom stereocenters. The van der Waals surface area contributed by atoms with E-state index in [0.717, 1.165) is 37.8 Å². The van der Waals surface area contributed by atoms with Crippen molar-refractivity contribution in [2.45, 2.75) is 45.1 Å². The number of nitrogens with zero attached hydrogens (tertiary/aromatic N) is 2. The maximum absolute atomic E-state index is 5.86. The first-order chi connectivity index (χ1) is 14.7. The number of anilines is 1. The number of para-hydroxylation sites is 1. The molecule has 1 heterocycles. The second-order valence-corrected chi connectivity index (χ2v) is 8.81. The Balaban J connectivity index is 1.53. The number of hydrogen-bond acceptors (Lipinski definition) is 4. The number of hydrogen-bond donors (Lipinski definition) is 0. The predicted molar refractivity (Wildman–Crippen MR) is 123 cm³/mol. The topological polar surface area (TPSA) is 24.9 Å². The summed E-state index contributed by atoms with van der Waals surface area (Å²) in [6.45, 7) is 9.77. The second-order valence-electron chi connectivity index (χ2n) is 8.81. The van der Waals surface area contributed by atoms with Crippen LogP contribution in [0.15, 0.2) is 54.6 Å². The lowest BCUT2D eigenvalue weighted by Crippen LogP contribution is -2.56. The van der Waals surface area contributed by atoms with Gasteiger partial charge < -0.3 is 14.4 Å². The highest BCUT2D eigenvalue weighted by Crippen LogP contribution is 2.45. The molecule has 2 fully saturated rings. The number of ether oxygens (including phenoxy) is 2. The number of rotatable bonds is 7. The van der Waals surface area contributed by atoms with Gasteiger partial charge in [0.1, 0.15) is 5.75 Å². The lowest BCUT2D eigenvalue weighted by Gasteiger charge is -2.51. The SMILES string of the molecule is CCOCOc1cccc(C2(N3CCN(c4ccccc4)CC3)CCC(C)CC2)c1. The van der Waals surface area contributed by atoms with Gasteiger partial charge in [0.2, 0.25) is 0 Å². The molecule has 4 heteroatoms. The fourth-order valence-electron chi connectivity index (χ4n) is 5.13. The minimum Gasteiger partial charge on any atom is -0.468 e. The van der Waals surface area contributed by atoms with Gasteiger partial charge in [0.25, 0.3) is 0 Å².